The number of nitrogens with zero attached hydrogens (tertiary/aromatic N) is 1. The molecule has 4 rings (SSSR count). The second-order valence-electron chi connectivity index (χ2n) is 9.03. The van der Waals surface area contributed by atoms with Gasteiger partial charge in [-0.1, -0.05) is 17.7 Å². The minimum atomic E-state index is -3.94. The van der Waals surface area contributed by atoms with Crippen molar-refractivity contribution in [2.24, 2.45) is 0 Å². The van der Waals surface area contributed by atoms with Crippen LogP contribution in [0.1, 0.15) is 15.9 Å². The molecule has 0 spiro atoms. The van der Waals surface area contributed by atoms with Gasteiger partial charge in [0.15, 0.2) is 11.5 Å². The monoisotopic (exact) mass is 629 g/mol. The normalized spacial score (nSPS) is 11.5. The van der Waals surface area contributed by atoms with Gasteiger partial charge in [0.25, 0.3) is 26.0 Å². The van der Waals surface area contributed by atoms with Gasteiger partial charge in [-0.15, -0.1) is 0 Å². The second-order valence-corrected chi connectivity index (χ2v) is 13.1. The van der Waals surface area contributed by atoms with Crippen molar-refractivity contribution in [3.05, 3.63) is 101 Å². The van der Waals surface area contributed by atoms with E-state index in [2.05, 4.69) is 10.0 Å². The lowest BCUT2D eigenvalue weighted by Gasteiger charge is -2.20. The number of methoxy groups -OCH3 is 2. The van der Waals surface area contributed by atoms with Gasteiger partial charge in [-0.05, 0) is 85.3 Å². The zero-order valence-electron chi connectivity index (χ0n) is 23.1. The highest BCUT2D eigenvalue weighted by Gasteiger charge is 2.23. The van der Waals surface area contributed by atoms with Gasteiger partial charge in [0.2, 0.25) is 0 Å². The molecule has 0 bridgehead atoms. The van der Waals surface area contributed by atoms with Gasteiger partial charge in [0, 0.05) is 29.4 Å². The van der Waals surface area contributed by atoms with Crippen molar-refractivity contribution in [3.8, 4) is 11.5 Å². The first-order chi connectivity index (χ1) is 19.9. The summed E-state index contributed by atoms with van der Waals surface area (Å²) in [5.74, 6) is 0.211. The van der Waals surface area contributed by atoms with Gasteiger partial charge >= 0.3 is 0 Å². The van der Waals surface area contributed by atoms with Crippen molar-refractivity contribution >= 4 is 54.6 Å². The standard InChI is InChI=1S/C29H28ClN3O7S2/c1-19-25(30)6-5-7-26(19)32-41(35,36)23-14-10-21(11-15-23)31-29(34)20-8-12-22(13-9-20)33(2)42(37,38)24-16-17-27(39-3)28(18-24)40-4/h5-18,32H,1-4H3,(H,31,34). The summed E-state index contributed by atoms with van der Waals surface area (Å²) >= 11 is 6.09. The highest BCUT2D eigenvalue weighted by atomic mass is 35.5. The largest absolute Gasteiger partial charge is 0.493 e. The Kier molecular flexibility index (Phi) is 9.00. The summed E-state index contributed by atoms with van der Waals surface area (Å²) in [6.45, 7) is 1.71. The molecule has 0 aliphatic rings. The van der Waals surface area contributed by atoms with Crippen LogP contribution in [0.3, 0.4) is 0 Å². The second kappa shape index (κ2) is 12.3. The van der Waals surface area contributed by atoms with E-state index in [0.717, 1.165) is 4.31 Å². The van der Waals surface area contributed by atoms with Crippen LogP contribution < -0.4 is 23.8 Å². The molecule has 0 heterocycles. The maximum atomic E-state index is 13.2. The third-order valence-electron chi connectivity index (χ3n) is 6.44. The zero-order valence-corrected chi connectivity index (χ0v) is 25.5. The van der Waals surface area contributed by atoms with Crippen LogP contribution in [-0.4, -0.2) is 44.0 Å². The molecule has 0 aromatic heterocycles. The maximum absolute atomic E-state index is 13.2. The number of hydrogen-bond acceptors (Lipinski definition) is 7. The fourth-order valence-corrected chi connectivity index (χ4v) is 6.45. The van der Waals surface area contributed by atoms with E-state index >= 15 is 0 Å². The van der Waals surface area contributed by atoms with E-state index in [4.69, 9.17) is 21.1 Å². The van der Waals surface area contributed by atoms with Gasteiger partial charge in [-0.3, -0.25) is 13.8 Å². The first kappa shape index (κ1) is 30.7. The SMILES string of the molecule is COc1ccc(S(=O)(=O)N(C)c2ccc(C(=O)Nc3ccc(S(=O)(=O)Nc4cccc(Cl)c4C)cc3)cc2)cc1OC. The van der Waals surface area contributed by atoms with E-state index < -0.39 is 26.0 Å². The average Bonchev–Trinajstić information content (AvgIpc) is 2.99. The van der Waals surface area contributed by atoms with Crippen LogP contribution in [0, 0.1) is 6.92 Å². The number of benzene rings is 4. The Hall–Kier alpha value is -4.26. The highest BCUT2D eigenvalue weighted by molar-refractivity contribution is 7.93. The van der Waals surface area contributed by atoms with Gasteiger partial charge in [-0.25, -0.2) is 16.8 Å². The molecule has 1 amide bonds. The summed E-state index contributed by atoms with van der Waals surface area (Å²) in [5, 5.41) is 3.14. The van der Waals surface area contributed by atoms with Crippen LogP contribution in [0.25, 0.3) is 0 Å². The molecular formula is C29H28ClN3O7S2. The Morgan fingerprint density at radius 3 is 2.05 bits per heavy atom. The lowest BCUT2D eigenvalue weighted by molar-refractivity contribution is 0.102. The van der Waals surface area contributed by atoms with E-state index in [1.165, 1.54) is 88.0 Å². The summed E-state index contributed by atoms with van der Waals surface area (Å²) in [6, 6.07) is 20.9. The van der Waals surface area contributed by atoms with Crippen molar-refractivity contribution in [1.29, 1.82) is 0 Å². The van der Waals surface area contributed by atoms with Crippen LogP contribution in [0.4, 0.5) is 17.1 Å². The molecule has 4 aromatic rings. The first-order valence-electron chi connectivity index (χ1n) is 12.4. The minimum absolute atomic E-state index is 0.00274. The smallest absolute Gasteiger partial charge is 0.264 e. The van der Waals surface area contributed by atoms with Crippen LogP contribution in [-0.2, 0) is 20.0 Å². The molecule has 0 saturated carbocycles. The predicted octanol–water partition coefficient (Wildman–Crippen LogP) is 5.54. The van der Waals surface area contributed by atoms with Crippen LogP contribution in [0.15, 0.2) is 94.7 Å². The van der Waals surface area contributed by atoms with E-state index in [9.17, 15) is 21.6 Å². The Labute approximate surface area is 250 Å². The summed E-state index contributed by atoms with van der Waals surface area (Å²) in [5.41, 5.74) is 1.94. The van der Waals surface area contributed by atoms with Gasteiger partial charge in [0.1, 0.15) is 0 Å². The number of nitrogens with one attached hydrogen (secondary N) is 2. The van der Waals surface area contributed by atoms with E-state index in [1.54, 1.807) is 25.1 Å². The lowest BCUT2D eigenvalue weighted by Crippen LogP contribution is -2.26. The number of rotatable bonds is 10. The topological polar surface area (TPSA) is 131 Å². The number of sulfonamides is 2. The quantitative estimate of drug-likeness (QED) is 0.235. The summed E-state index contributed by atoms with van der Waals surface area (Å²) < 4.78 is 66.0. The van der Waals surface area contributed by atoms with Crippen molar-refractivity contribution in [1.82, 2.24) is 0 Å². The van der Waals surface area contributed by atoms with E-state index in [0.29, 0.717) is 33.4 Å². The van der Waals surface area contributed by atoms with E-state index in [1.807, 2.05) is 0 Å². The molecular weight excluding hydrogens is 602 g/mol. The van der Waals surface area contributed by atoms with E-state index in [-0.39, 0.29) is 21.1 Å². The fourth-order valence-electron chi connectivity index (χ4n) is 3.94. The van der Waals surface area contributed by atoms with Gasteiger partial charge in [-0.2, -0.15) is 0 Å². The molecule has 4 aromatic carbocycles. The molecule has 2 N–H and O–H groups in total. The number of carbonyl (C=O) groups excluding carboxylic acids is 1. The molecule has 0 atom stereocenters. The first-order valence-corrected chi connectivity index (χ1v) is 15.7. The third-order valence-corrected chi connectivity index (χ3v) is 10.0. The fraction of sp³-hybridized carbons (Fsp3) is 0.138. The minimum Gasteiger partial charge on any atom is -0.493 e. The highest BCUT2D eigenvalue weighted by Crippen LogP contribution is 2.32. The molecule has 0 fully saturated rings. The Morgan fingerprint density at radius 1 is 0.810 bits per heavy atom. The Balaban J connectivity index is 1.44. The molecule has 10 nitrogen and oxygen atoms in total. The molecule has 0 radical (unpaired) electrons. The van der Waals surface area contributed by atoms with Crippen LogP contribution in [0.2, 0.25) is 5.02 Å². The summed E-state index contributed by atoms with van der Waals surface area (Å²) in [6.07, 6.45) is 0. The van der Waals surface area contributed by atoms with Crippen molar-refractivity contribution in [3.63, 3.8) is 0 Å². The third kappa shape index (κ3) is 6.46. The average molecular weight is 630 g/mol. The molecule has 0 unspecified atom stereocenters. The number of carbonyl (C=O) groups is 1. The Bertz CT molecular complexity index is 1830. The molecule has 0 saturated heterocycles. The number of amides is 1. The Morgan fingerprint density at radius 2 is 1.43 bits per heavy atom. The zero-order chi connectivity index (χ0) is 30.7. The predicted molar refractivity (Wildman–Crippen MR) is 163 cm³/mol. The molecule has 42 heavy (non-hydrogen) atoms. The van der Waals surface area contributed by atoms with Gasteiger partial charge in [0.05, 0.1) is 35.4 Å². The number of hydrogen-bond donors (Lipinski definition) is 2. The molecule has 0 aliphatic carbocycles. The molecule has 13 heteroatoms. The number of anilines is 3. The molecule has 0 aliphatic heterocycles. The van der Waals surface area contributed by atoms with Crippen LogP contribution in [0.5, 0.6) is 11.5 Å². The molecule has 220 valence electrons. The summed E-state index contributed by atoms with van der Waals surface area (Å²) in [4.78, 5) is 12.8. The maximum Gasteiger partial charge on any atom is 0.264 e. The van der Waals surface area contributed by atoms with Gasteiger partial charge < -0.3 is 14.8 Å². The number of halogens is 1. The van der Waals surface area contributed by atoms with Crippen molar-refractivity contribution in [2.45, 2.75) is 16.7 Å². The van der Waals surface area contributed by atoms with Crippen molar-refractivity contribution in [2.75, 3.05) is 35.6 Å². The lowest BCUT2D eigenvalue weighted by atomic mass is 10.2. The number of ether oxygens (including phenoxy) is 2. The van der Waals surface area contributed by atoms with Crippen LogP contribution >= 0.6 is 11.6 Å². The van der Waals surface area contributed by atoms with Crippen molar-refractivity contribution < 1.29 is 31.1 Å². The summed E-state index contributed by atoms with van der Waals surface area (Å²) in [7, 11) is -3.55.